The van der Waals surface area contributed by atoms with Crippen LogP contribution in [-0.4, -0.2) is 23.4 Å². The fraction of sp³-hybridized carbons (Fsp3) is 0.0909. The highest BCUT2D eigenvalue weighted by atomic mass is 16.6. The molecule has 1 unspecified atom stereocenters. The number of aliphatic hydroxyl groups is 1. The molecule has 0 saturated carbocycles. The van der Waals surface area contributed by atoms with Crippen molar-refractivity contribution in [2.45, 2.75) is 0 Å². The van der Waals surface area contributed by atoms with E-state index in [-0.39, 0.29) is 5.57 Å². The van der Waals surface area contributed by atoms with Crippen LogP contribution in [0.15, 0.2) is 41.7 Å². The van der Waals surface area contributed by atoms with E-state index in [4.69, 9.17) is 1.37 Å². The first-order valence-corrected chi connectivity index (χ1v) is 4.27. The van der Waals surface area contributed by atoms with E-state index in [2.05, 4.69) is 4.74 Å². The summed E-state index contributed by atoms with van der Waals surface area (Å²) in [6.07, 6.45) is 0. The summed E-state index contributed by atoms with van der Waals surface area (Å²) in [5.74, 6) is -2.36. The van der Waals surface area contributed by atoms with Crippen LogP contribution < -0.4 is 0 Å². The number of esters is 1. The molecule has 4 nitrogen and oxygen atoms in total. The zero-order valence-corrected chi connectivity index (χ0v) is 7.64. The second kappa shape index (κ2) is 3.57. The van der Waals surface area contributed by atoms with Crippen molar-refractivity contribution in [1.29, 1.82) is 0 Å². The monoisotopic (exact) mass is 205 g/mol. The average Bonchev–Trinajstić information content (AvgIpc) is 2.54. The van der Waals surface area contributed by atoms with Crippen LogP contribution in [0.5, 0.6) is 0 Å². The van der Waals surface area contributed by atoms with Gasteiger partial charge in [0.2, 0.25) is 5.76 Å². The second-order valence-electron chi connectivity index (χ2n) is 2.98. The molecule has 1 aliphatic rings. The zero-order valence-electron chi connectivity index (χ0n) is 8.64. The first kappa shape index (κ1) is 8.23. The number of aliphatic hydroxyl groups excluding tert-OH is 1. The van der Waals surface area contributed by atoms with Crippen LogP contribution in [0.3, 0.4) is 0 Å². The minimum Gasteiger partial charge on any atom is -0.501 e. The molecule has 15 heavy (non-hydrogen) atoms. The number of hydrogen-bond donors (Lipinski definition) is 1. The SMILES string of the molecule is [2H]C1OC(=O)C(O)=C1C(=O)c1ccccc1. The van der Waals surface area contributed by atoms with Gasteiger partial charge in [-0.15, -0.1) is 0 Å². The maximum absolute atomic E-state index is 11.8. The standard InChI is InChI=1S/C11H8O4/c12-9(7-4-2-1-3-5-7)8-6-15-11(14)10(8)13/h1-5,13H,6H2/i6D. The van der Waals surface area contributed by atoms with Crippen molar-refractivity contribution in [2.75, 3.05) is 6.58 Å². The van der Waals surface area contributed by atoms with E-state index in [1.807, 2.05) is 0 Å². The second-order valence-corrected chi connectivity index (χ2v) is 2.98. The third-order valence-electron chi connectivity index (χ3n) is 2.01. The molecule has 0 spiro atoms. The topological polar surface area (TPSA) is 63.6 Å². The van der Waals surface area contributed by atoms with Gasteiger partial charge in [0.1, 0.15) is 6.58 Å². The Morgan fingerprint density at radius 2 is 2.07 bits per heavy atom. The van der Waals surface area contributed by atoms with Crippen LogP contribution in [0.2, 0.25) is 0 Å². The van der Waals surface area contributed by atoms with E-state index in [0.717, 1.165) is 0 Å². The third kappa shape index (κ3) is 1.61. The maximum atomic E-state index is 11.8. The molecule has 76 valence electrons. The number of ketones is 1. The Labute approximate surface area is 87.2 Å². The minimum atomic E-state index is -1.44. The van der Waals surface area contributed by atoms with E-state index < -0.39 is 24.1 Å². The lowest BCUT2D eigenvalue weighted by Gasteiger charge is -1.99. The molecule has 2 rings (SSSR count). The van der Waals surface area contributed by atoms with Gasteiger partial charge in [-0.1, -0.05) is 30.3 Å². The fourth-order valence-corrected chi connectivity index (χ4v) is 1.24. The molecule has 1 aromatic rings. The third-order valence-corrected chi connectivity index (χ3v) is 2.01. The highest BCUT2D eigenvalue weighted by Gasteiger charge is 2.29. The molecular formula is C11H8O4. The van der Waals surface area contributed by atoms with Crippen LogP contribution in [0.1, 0.15) is 11.7 Å². The first-order valence-electron chi connectivity index (χ1n) is 4.85. The van der Waals surface area contributed by atoms with Gasteiger partial charge in [0.15, 0.2) is 5.78 Å². The predicted molar refractivity (Wildman–Crippen MR) is 51.4 cm³/mol. The molecule has 0 aliphatic carbocycles. The van der Waals surface area contributed by atoms with E-state index in [1.54, 1.807) is 18.2 Å². The van der Waals surface area contributed by atoms with Gasteiger partial charge in [-0.2, -0.15) is 0 Å². The molecule has 0 amide bonds. The van der Waals surface area contributed by atoms with E-state index in [1.165, 1.54) is 12.1 Å². The van der Waals surface area contributed by atoms with Gasteiger partial charge >= 0.3 is 5.97 Å². The molecule has 0 saturated heterocycles. The summed E-state index contributed by atoms with van der Waals surface area (Å²) < 4.78 is 11.8. The number of cyclic esters (lactones) is 1. The molecule has 1 heterocycles. The van der Waals surface area contributed by atoms with Gasteiger partial charge in [-0.25, -0.2) is 4.79 Å². The Hall–Kier alpha value is -2.10. The maximum Gasteiger partial charge on any atom is 0.374 e. The van der Waals surface area contributed by atoms with Gasteiger partial charge < -0.3 is 9.84 Å². The highest BCUT2D eigenvalue weighted by Crippen LogP contribution is 2.18. The van der Waals surface area contributed by atoms with Gasteiger partial charge in [-0.05, 0) is 0 Å². The Kier molecular flexibility index (Phi) is 1.96. The van der Waals surface area contributed by atoms with Crippen molar-refractivity contribution in [2.24, 2.45) is 0 Å². The smallest absolute Gasteiger partial charge is 0.374 e. The van der Waals surface area contributed by atoms with Crippen molar-refractivity contribution < 1.29 is 20.8 Å². The van der Waals surface area contributed by atoms with Crippen LogP contribution in [-0.2, 0) is 9.53 Å². The van der Waals surface area contributed by atoms with Crippen LogP contribution in [0, 0.1) is 0 Å². The van der Waals surface area contributed by atoms with Crippen molar-refractivity contribution in [3.05, 3.63) is 47.2 Å². The van der Waals surface area contributed by atoms with Crippen LogP contribution in [0.25, 0.3) is 0 Å². The molecule has 1 N–H and O–H groups in total. The zero-order chi connectivity index (χ0) is 11.7. The summed E-state index contributed by atoms with van der Waals surface area (Å²) in [5, 5.41) is 9.32. The molecule has 1 atom stereocenters. The summed E-state index contributed by atoms with van der Waals surface area (Å²) in [7, 11) is 0. The molecule has 0 fully saturated rings. The molecule has 1 aromatic carbocycles. The van der Waals surface area contributed by atoms with E-state index >= 15 is 0 Å². The average molecular weight is 205 g/mol. The Morgan fingerprint density at radius 1 is 1.40 bits per heavy atom. The summed E-state index contributed by atoms with van der Waals surface area (Å²) >= 11 is 0. The normalized spacial score (nSPS) is 21.2. The number of rotatable bonds is 2. The lowest BCUT2D eigenvalue weighted by Crippen LogP contribution is -2.06. The summed E-state index contributed by atoms with van der Waals surface area (Å²) in [4.78, 5) is 22.8. The summed E-state index contributed by atoms with van der Waals surface area (Å²) in [6, 6.07) is 8.12. The van der Waals surface area contributed by atoms with E-state index in [0.29, 0.717) is 5.56 Å². The van der Waals surface area contributed by atoms with Crippen molar-refractivity contribution in [1.82, 2.24) is 0 Å². The Bertz CT molecular complexity index is 478. The Balaban J connectivity index is 2.40. The van der Waals surface area contributed by atoms with Crippen molar-refractivity contribution in [3.8, 4) is 0 Å². The lowest BCUT2D eigenvalue weighted by atomic mass is 10.0. The number of carbonyl (C=O) groups is 2. The molecule has 0 bridgehead atoms. The quantitative estimate of drug-likeness (QED) is 0.582. The molecule has 4 heteroatoms. The summed E-state index contributed by atoms with van der Waals surface area (Å²) in [6.45, 7) is -1.44. The number of Topliss-reactive ketones (excluding diaryl/α,β-unsaturated/α-hetero) is 1. The highest BCUT2D eigenvalue weighted by molar-refractivity contribution is 6.13. The molecule has 1 aliphatic heterocycles. The van der Waals surface area contributed by atoms with E-state index in [9.17, 15) is 14.7 Å². The number of carbonyl (C=O) groups excluding carboxylic acids is 2. The number of benzene rings is 1. The first-order chi connectivity index (χ1) is 7.61. The Morgan fingerprint density at radius 3 is 2.60 bits per heavy atom. The summed E-state index contributed by atoms with van der Waals surface area (Å²) in [5.41, 5.74) is -0.00389. The van der Waals surface area contributed by atoms with Crippen LogP contribution >= 0.6 is 0 Å². The fourth-order valence-electron chi connectivity index (χ4n) is 1.24. The predicted octanol–water partition coefficient (Wildman–Crippen LogP) is 1.24. The van der Waals surface area contributed by atoms with Crippen molar-refractivity contribution >= 4 is 11.8 Å². The van der Waals surface area contributed by atoms with Gasteiger partial charge in [-0.3, -0.25) is 4.79 Å². The largest absolute Gasteiger partial charge is 0.501 e. The number of ether oxygens (including phenoxy) is 1. The van der Waals surface area contributed by atoms with Gasteiger partial charge in [0, 0.05) is 5.56 Å². The van der Waals surface area contributed by atoms with Crippen molar-refractivity contribution in [3.63, 3.8) is 0 Å². The minimum absolute atomic E-state index is 0.305. The van der Waals surface area contributed by atoms with Crippen LogP contribution in [0.4, 0.5) is 0 Å². The molecule has 0 radical (unpaired) electrons. The number of hydrogen-bond acceptors (Lipinski definition) is 4. The van der Waals surface area contributed by atoms with Gasteiger partial charge in [0.25, 0.3) is 0 Å². The van der Waals surface area contributed by atoms with Gasteiger partial charge in [0.05, 0.1) is 6.94 Å². The lowest BCUT2D eigenvalue weighted by molar-refractivity contribution is -0.138. The molecular weight excluding hydrogens is 196 g/mol. The molecule has 0 aromatic heterocycles.